The van der Waals surface area contributed by atoms with Gasteiger partial charge in [0, 0.05) is 17.9 Å². The van der Waals surface area contributed by atoms with E-state index in [-0.39, 0.29) is 23.6 Å². The van der Waals surface area contributed by atoms with E-state index in [1.54, 1.807) is 28.5 Å². The summed E-state index contributed by atoms with van der Waals surface area (Å²) in [7, 11) is 0. The van der Waals surface area contributed by atoms with Crippen molar-refractivity contribution in [1.29, 1.82) is 0 Å². The fraction of sp³-hybridized carbons (Fsp3) is 0.231. The molecule has 0 spiro atoms. The summed E-state index contributed by atoms with van der Waals surface area (Å²) in [4.78, 5) is 35.5. The maximum atomic E-state index is 12.5. The highest BCUT2D eigenvalue weighted by Crippen LogP contribution is 2.34. The molecule has 0 atom stereocenters. The van der Waals surface area contributed by atoms with Crippen LogP contribution in [0.3, 0.4) is 0 Å². The quantitative estimate of drug-likeness (QED) is 0.344. The first-order chi connectivity index (χ1) is 16.2. The summed E-state index contributed by atoms with van der Waals surface area (Å²) in [5.74, 6) is 0.263. The largest absolute Gasteiger partial charge is 0.491 e. The van der Waals surface area contributed by atoms with Crippen LogP contribution in [0.4, 0.5) is 10.8 Å². The summed E-state index contributed by atoms with van der Waals surface area (Å²) in [6.45, 7) is 9.33. The van der Waals surface area contributed by atoms with Gasteiger partial charge in [0.1, 0.15) is 5.75 Å². The van der Waals surface area contributed by atoms with E-state index in [0.717, 1.165) is 22.6 Å². The molecule has 174 valence electrons. The minimum Gasteiger partial charge on any atom is -0.491 e. The van der Waals surface area contributed by atoms with Crippen LogP contribution in [0.5, 0.6) is 5.75 Å². The van der Waals surface area contributed by atoms with Crippen molar-refractivity contribution in [2.45, 2.75) is 40.7 Å². The maximum Gasteiger partial charge on any atom is 0.363 e. The number of benzene rings is 2. The Morgan fingerprint density at radius 1 is 1.12 bits per heavy atom. The molecule has 0 radical (unpaired) electrons. The first kappa shape index (κ1) is 23.4. The Bertz CT molecular complexity index is 1290. The first-order valence-electron chi connectivity index (χ1n) is 10.8. The van der Waals surface area contributed by atoms with Crippen LogP contribution in [-0.4, -0.2) is 28.9 Å². The highest BCUT2D eigenvalue weighted by molar-refractivity contribution is 7.14. The van der Waals surface area contributed by atoms with E-state index < -0.39 is 5.97 Å². The van der Waals surface area contributed by atoms with Gasteiger partial charge in [-0.1, -0.05) is 18.2 Å². The fourth-order valence-electron chi connectivity index (χ4n) is 3.61. The van der Waals surface area contributed by atoms with E-state index >= 15 is 0 Å². The number of aryl methyl sites for hydroxylation is 2. The number of hydrogen-bond acceptors (Lipinski definition) is 7. The fourth-order valence-corrected chi connectivity index (χ4v) is 4.44. The van der Waals surface area contributed by atoms with E-state index in [1.165, 1.54) is 18.3 Å². The zero-order valence-corrected chi connectivity index (χ0v) is 20.5. The van der Waals surface area contributed by atoms with Gasteiger partial charge in [-0.15, -0.1) is 11.3 Å². The Hall–Kier alpha value is -3.78. The molecule has 0 fully saturated rings. The predicted octanol–water partition coefficient (Wildman–Crippen LogP) is 5.58. The van der Waals surface area contributed by atoms with E-state index in [9.17, 15) is 9.59 Å². The SMILES string of the molecule is CC(=O)N(c1nc(C=C2N=C(c3ccc(OC(C)C)cc3)OC2=O)cs1)c1c(C)cccc1C. The number of rotatable bonds is 6. The molecule has 3 aromatic rings. The van der Waals surface area contributed by atoms with Crippen LogP contribution in [-0.2, 0) is 14.3 Å². The van der Waals surface area contributed by atoms with Crippen molar-refractivity contribution in [3.05, 3.63) is 75.9 Å². The number of nitrogens with zero attached hydrogens (tertiary/aromatic N) is 3. The van der Waals surface area contributed by atoms with Crippen molar-refractivity contribution in [1.82, 2.24) is 4.98 Å². The van der Waals surface area contributed by atoms with E-state index in [4.69, 9.17) is 9.47 Å². The Morgan fingerprint density at radius 2 is 1.79 bits per heavy atom. The van der Waals surface area contributed by atoms with Crippen molar-refractivity contribution in [3.8, 4) is 5.75 Å². The number of amides is 1. The van der Waals surface area contributed by atoms with Gasteiger partial charge in [-0.3, -0.25) is 9.69 Å². The van der Waals surface area contributed by atoms with Gasteiger partial charge in [-0.2, -0.15) is 0 Å². The van der Waals surface area contributed by atoms with Gasteiger partial charge < -0.3 is 9.47 Å². The second-order valence-corrected chi connectivity index (χ2v) is 9.01. The number of aliphatic imine (C=N–C) groups is 1. The van der Waals surface area contributed by atoms with E-state index in [1.807, 2.05) is 58.0 Å². The predicted molar refractivity (Wildman–Crippen MR) is 134 cm³/mol. The molecule has 34 heavy (non-hydrogen) atoms. The molecular weight excluding hydrogens is 450 g/mol. The Kier molecular flexibility index (Phi) is 6.61. The summed E-state index contributed by atoms with van der Waals surface area (Å²) >= 11 is 1.32. The van der Waals surface area contributed by atoms with Crippen LogP contribution in [0.2, 0.25) is 0 Å². The Morgan fingerprint density at radius 3 is 2.41 bits per heavy atom. The first-order valence-corrected chi connectivity index (χ1v) is 11.7. The lowest BCUT2D eigenvalue weighted by Crippen LogP contribution is -2.24. The number of cyclic esters (lactones) is 1. The van der Waals surface area contributed by atoms with Gasteiger partial charge in [0.05, 0.1) is 17.5 Å². The number of anilines is 2. The van der Waals surface area contributed by atoms with Gasteiger partial charge in [0.2, 0.25) is 11.8 Å². The molecule has 4 rings (SSSR count). The van der Waals surface area contributed by atoms with Crippen molar-refractivity contribution in [2.24, 2.45) is 4.99 Å². The molecule has 7 nitrogen and oxygen atoms in total. The number of ether oxygens (including phenoxy) is 2. The van der Waals surface area contributed by atoms with Crippen molar-refractivity contribution in [2.75, 3.05) is 4.90 Å². The Balaban J connectivity index is 1.60. The Labute approximate surface area is 202 Å². The summed E-state index contributed by atoms with van der Waals surface area (Å²) in [6, 6.07) is 13.1. The van der Waals surface area contributed by atoms with Crippen LogP contribution < -0.4 is 9.64 Å². The zero-order valence-electron chi connectivity index (χ0n) is 19.7. The third kappa shape index (κ3) is 4.92. The van der Waals surface area contributed by atoms with Gasteiger partial charge >= 0.3 is 5.97 Å². The minimum absolute atomic E-state index is 0.0682. The molecule has 1 aromatic heterocycles. The summed E-state index contributed by atoms with van der Waals surface area (Å²) < 4.78 is 11.0. The van der Waals surface area contributed by atoms with Crippen LogP contribution in [0, 0.1) is 13.8 Å². The van der Waals surface area contributed by atoms with Gasteiger partial charge in [-0.25, -0.2) is 14.8 Å². The summed E-state index contributed by atoms with van der Waals surface area (Å²) in [5, 5.41) is 2.30. The highest BCUT2D eigenvalue weighted by Gasteiger charge is 2.26. The maximum absolute atomic E-state index is 12.5. The lowest BCUT2D eigenvalue weighted by molar-refractivity contribution is -0.130. The average Bonchev–Trinajstić information content (AvgIpc) is 3.37. The number of hydrogen-bond donors (Lipinski definition) is 0. The molecule has 0 unspecified atom stereocenters. The van der Waals surface area contributed by atoms with Crippen LogP contribution in [0.25, 0.3) is 6.08 Å². The highest BCUT2D eigenvalue weighted by atomic mass is 32.1. The molecule has 1 aliphatic heterocycles. The van der Waals surface area contributed by atoms with Gasteiger partial charge in [-0.05, 0) is 69.2 Å². The molecule has 8 heteroatoms. The van der Waals surface area contributed by atoms with Crippen LogP contribution in [0.1, 0.15) is 43.2 Å². The standard InChI is InChI=1S/C26H25N3O4S/c1-15(2)32-21-11-9-19(10-12-21)24-28-22(25(31)33-24)13-20-14-34-26(27-20)29(18(5)30)23-16(3)7-6-8-17(23)4/h6-15H,1-5H3. The topological polar surface area (TPSA) is 81.1 Å². The van der Waals surface area contributed by atoms with Crippen LogP contribution in [0.15, 0.2) is 58.5 Å². The lowest BCUT2D eigenvalue weighted by Gasteiger charge is -2.22. The number of carbonyl (C=O) groups excluding carboxylic acids is 2. The number of carbonyl (C=O) groups is 2. The summed E-state index contributed by atoms with van der Waals surface area (Å²) in [5.41, 5.74) is 4.11. The lowest BCUT2D eigenvalue weighted by atomic mass is 10.1. The van der Waals surface area contributed by atoms with Gasteiger partial charge in [0.25, 0.3) is 0 Å². The minimum atomic E-state index is -0.551. The molecule has 1 aliphatic rings. The van der Waals surface area contributed by atoms with E-state index in [0.29, 0.717) is 16.4 Å². The van der Waals surface area contributed by atoms with Gasteiger partial charge in [0.15, 0.2) is 10.8 Å². The average molecular weight is 476 g/mol. The normalized spacial score (nSPS) is 14.4. The summed E-state index contributed by atoms with van der Waals surface area (Å²) in [6.07, 6.45) is 1.63. The molecule has 2 aromatic carbocycles. The molecule has 0 aliphatic carbocycles. The second-order valence-electron chi connectivity index (χ2n) is 8.18. The molecule has 0 bridgehead atoms. The zero-order chi connectivity index (χ0) is 24.4. The van der Waals surface area contributed by atoms with Crippen molar-refractivity contribution in [3.63, 3.8) is 0 Å². The number of esters is 1. The number of para-hydroxylation sites is 1. The molecular formula is C26H25N3O4S. The molecule has 1 amide bonds. The molecule has 2 heterocycles. The monoisotopic (exact) mass is 475 g/mol. The van der Waals surface area contributed by atoms with Crippen LogP contribution >= 0.6 is 11.3 Å². The van der Waals surface area contributed by atoms with Crippen molar-refractivity contribution >= 4 is 46.0 Å². The third-order valence-corrected chi connectivity index (χ3v) is 5.90. The molecule has 0 saturated carbocycles. The number of aromatic nitrogens is 1. The number of thiazole rings is 1. The van der Waals surface area contributed by atoms with E-state index in [2.05, 4.69) is 9.98 Å². The molecule has 0 saturated heterocycles. The second kappa shape index (κ2) is 9.61. The van der Waals surface area contributed by atoms with Crippen molar-refractivity contribution < 1.29 is 19.1 Å². The molecule has 0 N–H and O–H groups in total. The third-order valence-electron chi connectivity index (χ3n) is 5.06. The smallest absolute Gasteiger partial charge is 0.363 e.